The first kappa shape index (κ1) is 14.4. The predicted octanol–water partition coefficient (Wildman–Crippen LogP) is 2.51. The molecule has 0 radical (unpaired) electrons. The van der Waals surface area contributed by atoms with E-state index in [0.717, 1.165) is 6.07 Å². The van der Waals surface area contributed by atoms with E-state index in [1.165, 1.54) is 31.3 Å². The van der Waals surface area contributed by atoms with Gasteiger partial charge in [-0.3, -0.25) is 15.5 Å². The van der Waals surface area contributed by atoms with Gasteiger partial charge < -0.3 is 10.5 Å². The molecule has 21 heavy (non-hydrogen) atoms. The Hall–Kier alpha value is -3.03. The van der Waals surface area contributed by atoms with E-state index in [-0.39, 0.29) is 34.3 Å². The smallest absolute Gasteiger partial charge is 0.275 e. The molecule has 0 fully saturated rings. The third kappa shape index (κ3) is 2.94. The number of aromatic nitrogens is 1. The summed E-state index contributed by atoms with van der Waals surface area (Å²) in [5.74, 6) is -1.32. The highest BCUT2D eigenvalue weighted by Gasteiger charge is 2.18. The van der Waals surface area contributed by atoms with Crippen LogP contribution in [-0.2, 0) is 0 Å². The highest BCUT2D eigenvalue weighted by Crippen LogP contribution is 2.31. The lowest BCUT2D eigenvalue weighted by molar-refractivity contribution is -0.385. The van der Waals surface area contributed by atoms with E-state index < -0.39 is 10.7 Å². The molecule has 0 amide bonds. The number of amidine groups is 1. The van der Waals surface area contributed by atoms with Crippen molar-refractivity contribution >= 4 is 11.5 Å². The summed E-state index contributed by atoms with van der Waals surface area (Å²) < 4.78 is 19.2. The minimum atomic E-state index is -0.884. The maximum absolute atomic E-state index is 13.9. The van der Waals surface area contributed by atoms with Crippen LogP contribution in [0.25, 0.3) is 0 Å². The van der Waals surface area contributed by atoms with Crippen LogP contribution in [0, 0.1) is 28.3 Å². The van der Waals surface area contributed by atoms with Gasteiger partial charge in [0.15, 0.2) is 17.3 Å². The summed E-state index contributed by atoms with van der Waals surface area (Å²) in [7, 11) is 0. The van der Waals surface area contributed by atoms with Gasteiger partial charge in [0.05, 0.1) is 11.0 Å². The SMILES string of the molecule is Cc1cc(Oc2cccnc2C(=N)N)c(F)cc1[N+](=O)[O-]. The zero-order chi connectivity index (χ0) is 15.6. The van der Waals surface area contributed by atoms with E-state index in [1.54, 1.807) is 0 Å². The second-order valence-electron chi connectivity index (χ2n) is 4.19. The molecule has 3 N–H and O–H groups in total. The van der Waals surface area contributed by atoms with Gasteiger partial charge in [-0.1, -0.05) is 0 Å². The van der Waals surface area contributed by atoms with Crippen molar-refractivity contribution in [2.24, 2.45) is 5.73 Å². The molecule has 0 spiro atoms. The molecule has 1 aromatic heterocycles. The van der Waals surface area contributed by atoms with Crippen molar-refractivity contribution in [3.05, 3.63) is 57.7 Å². The highest BCUT2D eigenvalue weighted by atomic mass is 19.1. The number of rotatable bonds is 4. The number of nitrogens with one attached hydrogen (secondary N) is 1. The Morgan fingerprint density at radius 2 is 2.19 bits per heavy atom. The molecule has 0 unspecified atom stereocenters. The van der Waals surface area contributed by atoms with Crippen LogP contribution in [0.3, 0.4) is 0 Å². The fraction of sp³-hybridized carbons (Fsp3) is 0.0769. The lowest BCUT2D eigenvalue weighted by Gasteiger charge is -2.10. The first-order chi connectivity index (χ1) is 9.90. The first-order valence-corrected chi connectivity index (χ1v) is 5.82. The molecular weight excluding hydrogens is 279 g/mol. The summed E-state index contributed by atoms with van der Waals surface area (Å²) in [6, 6.07) is 5.01. The lowest BCUT2D eigenvalue weighted by Crippen LogP contribution is -2.14. The van der Waals surface area contributed by atoms with Crippen molar-refractivity contribution in [3.8, 4) is 11.5 Å². The van der Waals surface area contributed by atoms with Gasteiger partial charge in [0.1, 0.15) is 11.5 Å². The van der Waals surface area contributed by atoms with E-state index in [9.17, 15) is 14.5 Å². The van der Waals surface area contributed by atoms with E-state index in [2.05, 4.69) is 4.98 Å². The minimum absolute atomic E-state index is 0.0629. The van der Waals surface area contributed by atoms with Gasteiger partial charge in [-0.2, -0.15) is 0 Å². The molecule has 2 rings (SSSR count). The maximum Gasteiger partial charge on any atom is 0.275 e. The van der Waals surface area contributed by atoms with Crippen molar-refractivity contribution < 1.29 is 14.1 Å². The number of nitrogen functional groups attached to an aromatic ring is 1. The van der Waals surface area contributed by atoms with Crippen molar-refractivity contribution in [1.82, 2.24) is 4.98 Å². The fourth-order valence-corrected chi connectivity index (χ4v) is 1.71. The van der Waals surface area contributed by atoms with E-state index in [0.29, 0.717) is 0 Å². The molecule has 0 aliphatic rings. The molecule has 1 heterocycles. The number of nitro groups is 1. The normalized spacial score (nSPS) is 10.2. The van der Waals surface area contributed by atoms with Crippen LogP contribution in [0.4, 0.5) is 10.1 Å². The standard InChI is InChI=1S/C13H11FN4O3/c1-7-5-11(8(14)6-9(7)18(19)20)21-10-3-2-4-17-12(10)13(15)16/h2-6H,1H3,(H3,15,16). The molecule has 0 aliphatic heterocycles. The molecule has 0 bridgehead atoms. The van der Waals surface area contributed by atoms with Crippen molar-refractivity contribution in [1.29, 1.82) is 5.41 Å². The van der Waals surface area contributed by atoms with Crippen LogP contribution < -0.4 is 10.5 Å². The number of nitrogens with zero attached hydrogens (tertiary/aromatic N) is 2. The lowest BCUT2D eigenvalue weighted by atomic mass is 10.2. The van der Waals surface area contributed by atoms with Crippen LogP contribution in [0.2, 0.25) is 0 Å². The highest BCUT2D eigenvalue weighted by molar-refractivity contribution is 5.95. The van der Waals surface area contributed by atoms with E-state index >= 15 is 0 Å². The third-order valence-corrected chi connectivity index (χ3v) is 2.69. The summed E-state index contributed by atoms with van der Waals surface area (Å²) >= 11 is 0. The largest absolute Gasteiger partial charge is 0.452 e. The Kier molecular flexibility index (Phi) is 3.79. The molecule has 0 saturated heterocycles. The maximum atomic E-state index is 13.9. The number of aryl methyl sites for hydroxylation is 1. The minimum Gasteiger partial charge on any atom is -0.452 e. The number of benzene rings is 1. The van der Waals surface area contributed by atoms with Gasteiger partial charge in [-0.25, -0.2) is 9.37 Å². The van der Waals surface area contributed by atoms with Crippen molar-refractivity contribution in [3.63, 3.8) is 0 Å². The monoisotopic (exact) mass is 290 g/mol. The third-order valence-electron chi connectivity index (χ3n) is 2.69. The van der Waals surface area contributed by atoms with Crippen molar-refractivity contribution in [2.75, 3.05) is 0 Å². The first-order valence-electron chi connectivity index (χ1n) is 5.82. The Labute approximate surface area is 118 Å². The van der Waals surface area contributed by atoms with Gasteiger partial charge in [0.2, 0.25) is 0 Å². The van der Waals surface area contributed by atoms with E-state index in [4.69, 9.17) is 15.9 Å². The number of hydrogen-bond donors (Lipinski definition) is 2. The van der Waals surface area contributed by atoms with Crippen molar-refractivity contribution in [2.45, 2.75) is 6.92 Å². The second kappa shape index (κ2) is 5.53. The Balaban J connectivity index is 2.44. The van der Waals surface area contributed by atoms with Crippen LogP contribution in [0.5, 0.6) is 11.5 Å². The van der Waals surface area contributed by atoms with Crippen LogP contribution >= 0.6 is 0 Å². The second-order valence-corrected chi connectivity index (χ2v) is 4.19. The molecular formula is C13H11FN4O3. The van der Waals surface area contributed by atoms with Crippen LogP contribution in [0.15, 0.2) is 30.5 Å². The summed E-state index contributed by atoms with van der Waals surface area (Å²) in [6.45, 7) is 1.47. The summed E-state index contributed by atoms with van der Waals surface area (Å²) in [6.07, 6.45) is 1.42. The molecule has 0 aliphatic carbocycles. The molecule has 2 aromatic rings. The molecule has 0 saturated carbocycles. The number of pyridine rings is 1. The van der Waals surface area contributed by atoms with E-state index in [1.807, 2.05) is 0 Å². The summed E-state index contributed by atoms with van der Waals surface area (Å²) in [5, 5.41) is 18.1. The van der Waals surface area contributed by atoms with Gasteiger partial charge in [-0.15, -0.1) is 0 Å². The number of nitrogens with two attached hydrogens (primary N) is 1. The van der Waals surface area contributed by atoms with Crippen LogP contribution in [-0.4, -0.2) is 15.7 Å². The van der Waals surface area contributed by atoms with Gasteiger partial charge in [0.25, 0.3) is 5.69 Å². The molecule has 7 nitrogen and oxygen atoms in total. The fourth-order valence-electron chi connectivity index (χ4n) is 1.71. The molecule has 0 atom stereocenters. The molecule has 1 aromatic carbocycles. The average molecular weight is 290 g/mol. The number of nitro benzene ring substituents is 1. The van der Waals surface area contributed by atoms with Gasteiger partial charge in [0, 0.05) is 11.8 Å². The zero-order valence-corrected chi connectivity index (χ0v) is 11.0. The molecule has 108 valence electrons. The predicted molar refractivity (Wildman–Crippen MR) is 73.1 cm³/mol. The number of ether oxygens (including phenoxy) is 1. The number of hydrogen-bond acceptors (Lipinski definition) is 5. The Morgan fingerprint density at radius 3 is 2.81 bits per heavy atom. The Morgan fingerprint density at radius 1 is 1.48 bits per heavy atom. The zero-order valence-electron chi connectivity index (χ0n) is 11.0. The van der Waals surface area contributed by atoms with Gasteiger partial charge in [-0.05, 0) is 25.1 Å². The van der Waals surface area contributed by atoms with Gasteiger partial charge >= 0.3 is 0 Å². The Bertz CT molecular complexity index is 733. The average Bonchev–Trinajstić information content (AvgIpc) is 2.42. The topological polar surface area (TPSA) is 115 Å². The summed E-state index contributed by atoms with van der Waals surface area (Å²) in [5.41, 5.74) is 5.34. The quantitative estimate of drug-likeness (QED) is 0.388. The molecule has 8 heteroatoms. The van der Waals surface area contributed by atoms with Crippen LogP contribution in [0.1, 0.15) is 11.3 Å². The number of halogens is 1. The summed E-state index contributed by atoms with van der Waals surface area (Å²) in [4.78, 5) is 13.9.